The molecule has 164 valence electrons. The molecule has 0 saturated carbocycles. The molecule has 1 amide bonds. The number of furan rings is 1. The molecule has 0 radical (unpaired) electrons. The van der Waals surface area contributed by atoms with Gasteiger partial charge in [-0.1, -0.05) is 30.0 Å². The largest absolute Gasteiger partial charge is 0.462 e. The van der Waals surface area contributed by atoms with Crippen LogP contribution >= 0.6 is 23.1 Å². The van der Waals surface area contributed by atoms with Gasteiger partial charge < -0.3 is 9.32 Å². The Morgan fingerprint density at radius 1 is 1.12 bits per heavy atom. The molecule has 3 aromatic heterocycles. The summed E-state index contributed by atoms with van der Waals surface area (Å²) in [7, 11) is 0. The van der Waals surface area contributed by atoms with E-state index in [0.29, 0.717) is 18.8 Å². The summed E-state index contributed by atoms with van der Waals surface area (Å²) in [6.45, 7) is 3.77. The number of piperazine rings is 1. The number of rotatable bonds is 6. The van der Waals surface area contributed by atoms with Crippen molar-refractivity contribution < 1.29 is 9.21 Å². The Labute approximate surface area is 194 Å². The summed E-state index contributed by atoms with van der Waals surface area (Å²) in [5.41, 5.74) is 2.59. The molecule has 1 aliphatic rings. The summed E-state index contributed by atoms with van der Waals surface area (Å²) in [6, 6.07) is 13.7. The number of hydrogen-bond donors (Lipinski definition) is 0. The lowest BCUT2D eigenvalue weighted by Gasteiger charge is -2.34. The number of benzene rings is 1. The Balaban J connectivity index is 1.24. The van der Waals surface area contributed by atoms with Crippen molar-refractivity contribution in [2.45, 2.75) is 11.7 Å². The minimum atomic E-state index is 0.0232. The van der Waals surface area contributed by atoms with Crippen LogP contribution in [-0.4, -0.2) is 62.7 Å². The van der Waals surface area contributed by atoms with Crippen molar-refractivity contribution in [2.75, 3.05) is 32.4 Å². The molecule has 0 atom stereocenters. The summed E-state index contributed by atoms with van der Waals surface area (Å²) in [5, 5.41) is 3.80. The zero-order valence-electron chi connectivity index (χ0n) is 17.7. The summed E-state index contributed by atoms with van der Waals surface area (Å²) in [4.78, 5) is 26.8. The average molecular weight is 466 g/mol. The minimum absolute atomic E-state index is 0.0232. The number of hydrogen-bond acceptors (Lipinski definition) is 7. The summed E-state index contributed by atoms with van der Waals surface area (Å²) < 4.78 is 7.39. The van der Waals surface area contributed by atoms with E-state index in [1.165, 1.54) is 11.8 Å². The topological polar surface area (TPSA) is 67.4 Å². The molecule has 1 fully saturated rings. The smallest absolute Gasteiger partial charge is 0.272 e. The molecular weight excluding hydrogens is 442 g/mol. The SMILES string of the molecule is CSc1ncc(C(=O)N2CCN(Cc3csc(-c4ccco4)n3)CC2)n1-c1ccccc1. The minimum Gasteiger partial charge on any atom is -0.462 e. The molecule has 0 aliphatic carbocycles. The number of para-hydroxylation sites is 1. The molecule has 1 aliphatic heterocycles. The Kier molecular flexibility index (Phi) is 6.11. The molecule has 1 aromatic carbocycles. The molecule has 0 bridgehead atoms. The van der Waals surface area contributed by atoms with Gasteiger partial charge in [0.2, 0.25) is 0 Å². The van der Waals surface area contributed by atoms with Crippen LogP contribution in [0.25, 0.3) is 16.5 Å². The number of nitrogens with zero attached hydrogens (tertiary/aromatic N) is 5. The molecule has 9 heteroatoms. The molecule has 32 heavy (non-hydrogen) atoms. The molecule has 0 spiro atoms. The number of carbonyl (C=O) groups is 1. The molecule has 1 saturated heterocycles. The molecule has 0 N–H and O–H groups in total. The van der Waals surface area contributed by atoms with E-state index < -0.39 is 0 Å². The van der Waals surface area contributed by atoms with Crippen LogP contribution in [0.2, 0.25) is 0 Å². The van der Waals surface area contributed by atoms with Gasteiger partial charge in [-0.2, -0.15) is 0 Å². The first kappa shape index (κ1) is 21.0. The molecular formula is C23H23N5O2S2. The lowest BCUT2D eigenvalue weighted by molar-refractivity contribution is 0.0619. The van der Waals surface area contributed by atoms with E-state index in [0.717, 1.165) is 46.9 Å². The van der Waals surface area contributed by atoms with Crippen LogP contribution in [0, 0.1) is 0 Å². The highest BCUT2D eigenvalue weighted by Crippen LogP contribution is 2.25. The highest BCUT2D eigenvalue weighted by atomic mass is 32.2. The summed E-state index contributed by atoms with van der Waals surface area (Å²) >= 11 is 3.13. The fourth-order valence-electron chi connectivity index (χ4n) is 3.85. The zero-order chi connectivity index (χ0) is 21.9. The fourth-order valence-corrected chi connectivity index (χ4v) is 5.17. The third-order valence-corrected chi connectivity index (χ3v) is 7.03. The van der Waals surface area contributed by atoms with Crippen LogP contribution in [-0.2, 0) is 6.54 Å². The van der Waals surface area contributed by atoms with E-state index in [4.69, 9.17) is 9.40 Å². The van der Waals surface area contributed by atoms with E-state index in [9.17, 15) is 4.79 Å². The van der Waals surface area contributed by atoms with Crippen LogP contribution in [0.3, 0.4) is 0 Å². The Hall–Kier alpha value is -2.88. The van der Waals surface area contributed by atoms with E-state index >= 15 is 0 Å². The first-order chi connectivity index (χ1) is 15.7. The van der Waals surface area contributed by atoms with Gasteiger partial charge in [0.05, 0.1) is 18.2 Å². The van der Waals surface area contributed by atoms with Gasteiger partial charge in [-0.3, -0.25) is 14.3 Å². The maximum atomic E-state index is 13.3. The van der Waals surface area contributed by atoms with Gasteiger partial charge in [-0.25, -0.2) is 9.97 Å². The molecule has 4 aromatic rings. The molecule has 7 nitrogen and oxygen atoms in total. The van der Waals surface area contributed by atoms with Crippen molar-refractivity contribution in [3.63, 3.8) is 0 Å². The van der Waals surface area contributed by atoms with Gasteiger partial charge in [0, 0.05) is 43.8 Å². The second-order valence-electron chi connectivity index (χ2n) is 7.49. The first-order valence-corrected chi connectivity index (χ1v) is 12.5. The van der Waals surface area contributed by atoms with Gasteiger partial charge >= 0.3 is 0 Å². The maximum Gasteiger partial charge on any atom is 0.272 e. The molecule has 4 heterocycles. The van der Waals surface area contributed by atoms with E-state index in [1.807, 2.05) is 58.2 Å². The Bertz CT molecular complexity index is 1180. The number of thioether (sulfide) groups is 1. The summed E-state index contributed by atoms with van der Waals surface area (Å²) in [5.74, 6) is 0.825. The van der Waals surface area contributed by atoms with Crippen LogP contribution in [0.4, 0.5) is 0 Å². The van der Waals surface area contributed by atoms with Gasteiger partial charge in [0.25, 0.3) is 5.91 Å². The van der Waals surface area contributed by atoms with E-state index in [-0.39, 0.29) is 5.91 Å². The third kappa shape index (κ3) is 4.23. The fraction of sp³-hybridized carbons (Fsp3) is 0.261. The lowest BCUT2D eigenvalue weighted by atomic mass is 10.2. The predicted octanol–water partition coefficient (Wildman–Crippen LogP) is 4.27. The van der Waals surface area contributed by atoms with Gasteiger partial charge in [0.1, 0.15) is 5.69 Å². The quantitative estimate of drug-likeness (QED) is 0.396. The predicted molar refractivity (Wildman–Crippen MR) is 126 cm³/mol. The van der Waals surface area contributed by atoms with Crippen molar-refractivity contribution in [2.24, 2.45) is 0 Å². The van der Waals surface area contributed by atoms with Crippen molar-refractivity contribution in [3.8, 4) is 16.5 Å². The van der Waals surface area contributed by atoms with Crippen molar-refractivity contribution in [3.05, 3.63) is 71.7 Å². The van der Waals surface area contributed by atoms with Crippen LogP contribution in [0.5, 0.6) is 0 Å². The first-order valence-electron chi connectivity index (χ1n) is 10.4. The Morgan fingerprint density at radius 3 is 2.66 bits per heavy atom. The Morgan fingerprint density at radius 2 is 1.94 bits per heavy atom. The highest BCUT2D eigenvalue weighted by molar-refractivity contribution is 7.98. The van der Waals surface area contributed by atoms with Crippen molar-refractivity contribution in [1.29, 1.82) is 0 Å². The van der Waals surface area contributed by atoms with Crippen LogP contribution in [0.1, 0.15) is 16.2 Å². The van der Waals surface area contributed by atoms with Gasteiger partial charge in [0.15, 0.2) is 15.9 Å². The average Bonchev–Trinajstić information content (AvgIpc) is 3.60. The lowest BCUT2D eigenvalue weighted by Crippen LogP contribution is -2.48. The van der Waals surface area contributed by atoms with Gasteiger partial charge in [-0.05, 0) is 30.5 Å². The number of thiazole rings is 1. The molecule has 5 rings (SSSR count). The number of carbonyl (C=O) groups excluding carboxylic acids is 1. The molecule has 0 unspecified atom stereocenters. The maximum absolute atomic E-state index is 13.3. The van der Waals surface area contributed by atoms with Crippen molar-refractivity contribution >= 4 is 29.0 Å². The van der Waals surface area contributed by atoms with E-state index in [2.05, 4.69) is 15.3 Å². The second kappa shape index (κ2) is 9.32. The number of amides is 1. The number of aromatic nitrogens is 3. The normalized spacial score (nSPS) is 14.7. The van der Waals surface area contributed by atoms with Gasteiger partial charge in [-0.15, -0.1) is 11.3 Å². The second-order valence-corrected chi connectivity index (χ2v) is 9.12. The highest BCUT2D eigenvalue weighted by Gasteiger charge is 2.26. The number of imidazole rings is 1. The standard InChI is InChI=1S/C23H23N5O2S2/c1-31-23-24-14-19(28(23)18-6-3-2-4-7-18)22(29)27-11-9-26(10-12-27)15-17-16-32-21(25-17)20-8-5-13-30-20/h2-8,13-14,16H,9-12,15H2,1H3. The van der Waals surface area contributed by atoms with E-state index in [1.54, 1.807) is 23.8 Å². The summed E-state index contributed by atoms with van der Waals surface area (Å²) in [6.07, 6.45) is 5.34. The third-order valence-electron chi connectivity index (χ3n) is 5.47. The van der Waals surface area contributed by atoms with Crippen LogP contribution in [0.15, 0.2) is 69.9 Å². The van der Waals surface area contributed by atoms with Crippen LogP contribution < -0.4 is 0 Å². The zero-order valence-corrected chi connectivity index (χ0v) is 19.3. The van der Waals surface area contributed by atoms with Crippen molar-refractivity contribution in [1.82, 2.24) is 24.3 Å². The monoisotopic (exact) mass is 465 g/mol.